The first kappa shape index (κ1) is 13.3. The molecule has 18 heavy (non-hydrogen) atoms. The maximum absolute atomic E-state index is 12.0. The third-order valence-electron chi connectivity index (χ3n) is 3.63. The number of carboxylic acids is 1. The number of hydrogen-bond acceptors (Lipinski definition) is 3. The van der Waals surface area contributed by atoms with Crippen molar-refractivity contribution >= 4 is 22.7 Å². The van der Waals surface area contributed by atoms with Crippen LogP contribution in [0.2, 0.25) is 0 Å². The summed E-state index contributed by atoms with van der Waals surface area (Å²) >= 11 is 0. The Balaban J connectivity index is 2.36. The Morgan fingerprint density at radius 1 is 1.56 bits per heavy atom. The third kappa shape index (κ3) is 1.70. The molecule has 0 spiro atoms. The molecule has 1 fully saturated rings. The third-order valence-corrected chi connectivity index (χ3v) is 5.06. The highest BCUT2D eigenvalue weighted by molar-refractivity contribution is 7.89. The Bertz CT molecular complexity index is 469. The molecule has 3 atom stereocenters. The first-order chi connectivity index (χ1) is 8.40. The Morgan fingerprint density at radius 3 is 2.61 bits per heavy atom. The summed E-state index contributed by atoms with van der Waals surface area (Å²) in [5, 5.41) is 9.21. The van der Waals surface area contributed by atoms with Crippen molar-refractivity contribution in [1.29, 1.82) is 0 Å². The smallest absolute Gasteiger partial charge is 0.353 e. The zero-order valence-electron chi connectivity index (χ0n) is 10.7. The van der Waals surface area contributed by atoms with E-state index in [0.717, 1.165) is 0 Å². The number of rotatable bonds is 4. The highest BCUT2D eigenvalue weighted by Crippen LogP contribution is 2.45. The molecule has 1 amide bonds. The van der Waals surface area contributed by atoms with Gasteiger partial charge < -0.3 is 10.0 Å². The van der Waals surface area contributed by atoms with Crippen LogP contribution in [-0.4, -0.2) is 37.9 Å². The number of β-lactam (4-membered cyclic amide) rings is 1. The van der Waals surface area contributed by atoms with E-state index in [9.17, 15) is 18.9 Å². The zero-order chi connectivity index (χ0) is 13.6. The molecule has 0 aromatic rings. The van der Waals surface area contributed by atoms with Gasteiger partial charge in [0.15, 0.2) is 0 Å². The van der Waals surface area contributed by atoms with Gasteiger partial charge in [-0.15, -0.1) is 0 Å². The van der Waals surface area contributed by atoms with Gasteiger partial charge in [-0.1, -0.05) is 20.8 Å². The second-order valence-electron chi connectivity index (χ2n) is 4.96. The fourth-order valence-electron chi connectivity index (χ4n) is 2.81. The standard InChI is InChI=1S/C12H17NO4S/c1-4-18(17)8-5-7-9(6(2)3)11(14)13(7)10(8)12(15)16/h6-7,9H,4-5H2,1-3H3,(H,15,16). The summed E-state index contributed by atoms with van der Waals surface area (Å²) in [4.78, 5) is 25.0. The molecule has 2 aliphatic rings. The van der Waals surface area contributed by atoms with Crippen LogP contribution in [0.1, 0.15) is 27.2 Å². The number of carboxylic acid groups (broad SMARTS) is 1. The molecule has 5 nitrogen and oxygen atoms in total. The highest BCUT2D eigenvalue weighted by atomic mass is 32.2. The maximum atomic E-state index is 12.0. The van der Waals surface area contributed by atoms with Crippen molar-refractivity contribution in [3.8, 4) is 0 Å². The van der Waals surface area contributed by atoms with Crippen molar-refractivity contribution < 1.29 is 18.9 Å². The Kier molecular flexibility index (Phi) is 3.31. The molecule has 1 N–H and O–H groups in total. The van der Waals surface area contributed by atoms with Crippen LogP contribution in [0.15, 0.2) is 10.6 Å². The summed E-state index contributed by atoms with van der Waals surface area (Å²) < 4.78 is 11.9. The van der Waals surface area contributed by atoms with Crippen molar-refractivity contribution in [1.82, 2.24) is 4.90 Å². The number of aliphatic carboxylic acids is 1. The predicted octanol–water partition coefficient (Wildman–Crippen LogP) is 0.938. The van der Waals surface area contributed by atoms with Crippen LogP contribution < -0.4 is 0 Å². The molecule has 2 rings (SSSR count). The average Bonchev–Trinajstić information content (AvgIpc) is 2.62. The van der Waals surface area contributed by atoms with Gasteiger partial charge in [0, 0.05) is 17.1 Å². The van der Waals surface area contributed by atoms with Crippen LogP contribution in [0.25, 0.3) is 0 Å². The lowest BCUT2D eigenvalue weighted by Crippen LogP contribution is -2.60. The topological polar surface area (TPSA) is 74.7 Å². The van der Waals surface area contributed by atoms with Gasteiger partial charge in [-0.25, -0.2) is 4.79 Å². The Hall–Kier alpha value is -1.17. The molecule has 0 radical (unpaired) electrons. The van der Waals surface area contributed by atoms with Crippen LogP contribution >= 0.6 is 0 Å². The molecule has 1 saturated heterocycles. The van der Waals surface area contributed by atoms with Crippen LogP contribution in [0.4, 0.5) is 0 Å². The van der Waals surface area contributed by atoms with E-state index >= 15 is 0 Å². The molecule has 0 aromatic carbocycles. The molecule has 100 valence electrons. The van der Waals surface area contributed by atoms with E-state index in [1.54, 1.807) is 6.92 Å². The largest absolute Gasteiger partial charge is 0.477 e. The number of fused-ring (bicyclic) bond motifs is 1. The summed E-state index contributed by atoms with van der Waals surface area (Å²) in [6.45, 7) is 5.66. The Labute approximate surface area is 108 Å². The molecule has 0 bridgehead atoms. The van der Waals surface area contributed by atoms with Gasteiger partial charge in [0.25, 0.3) is 0 Å². The molecular weight excluding hydrogens is 254 g/mol. The molecule has 2 aliphatic heterocycles. The summed E-state index contributed by atoms with van der Waals surface area (Å²) in [6, 6.07) is -0.103. The normalized spacial score (nSPS) is 28.4. The Morgan fingerprint density at radius 2 is 2.17 bits per heavy atom. The van der Waals surface area contributed by atoms with Gasteiger partial charge >= 0.3 is 5.97 Å². The average molecular weight is 271 g/mol. The van der Waals surface area contributed by atoms with Crippen molar-refractivity contribution in [2.24, 2.45) is 11.8 Å². The summed E-state index contributed by atoms with van der Waals surface area (Å²) in [5.41, 5.74) is -0.0397. The van der Waals surface area contributed by atoms with Gasteiger partial charge in [0.05, 0.1) is 22.8 Å². The SMILES string of the molecule is CCS(=O)C1=C(C(=O)O)N2C(=O)C(C(C)C)C2C1. The molecule has 6 heteroatoms. The van der Waals surface area contributed by atoms with Crippen LogP contribution in [0.3, 0.4) is 0 Å². The van der Waals surface area contributed by atoms with E-state index in [1.807, 2.05) is 13.8 Å². The number of amides is 1. The fraction of sp³-hybridized carbons (Fsp3) is 0.667. The first-order valence-electron chi connectivity index (χ1n) is 6.08. The lowest BCUT2D eigenvalue weighted by atomic mass is 9.79. The highest BCUT2D eigenvalue weighted by Gasteiger charge is 2.56. The minimum absolute atomic E-state index is 0.0397. The number of hydrogen-bond donors (Lipinski definition) is 1. The van der Waals surface area contributed by atoms with Crippen molar-refractivity contribution in [3.05, 3.63) is 10.6 Å². The minimum atomic E-state index is -1.29. The van der Waals surface area contributed by atoms with E-state index in [1.165, 1.54) is 4.90 Å². The van der Waals surface area contributed by atoms with Gasteiger partial charge in [-0.05, 0) is 5.92 Å². The summed E-state index contributed by atoms with van der Waals surface area (Å²) in [6.07, 6.45) is 0.441. The van der Waals surface area contributed by atoms with E-state index in [0.29, 0.717) is 17.1 Å². The first-order valence-corrected chi connectivity index (χ1v) is 7.39. The van der Waals surface area contributed by atoms with E-state index < -0.39 is 16.8 Å². The fourth-order valence-corrected chi connectivity index (χ4v) is 3.92. The second kappa shape index (κ2) is 4.50. The molecule has 0 saturated carbocycles. The number of carbonyl (C=O) groups is 2. The van der Waals surface area contributed by atoms with E-state index in [-0.39, 0.29) is 29.5 Å². The summed E-state index contributed by atoms with van der Waals surface area (Å²) in [7, 11) is -1.29. The van der Waals surface area contributed by atoms with Crippen LogP contribution in [0, 0.1) is 11.8 Å². The van der Waals surface area contributed by atoms with Crippen molar-refractivity contribution in [3.63, 3.8) is 0 Å². The zero-order valence-corrected chi connectivity index (χ0v) is 11.5. The van der Waals surface area contributed by atoms with Gasteiger partial charge in [-0.3, -0.25) is 9.00 Å². The van der Waals surface area contributed by atoms with Crippen LogP contribution in [-0.2, 0) is 20.4 Å². The lowest BCUT2D eigenvalue weighted by molar-refractivity contribution is -0.157. The molecule has 3 unspecified atom stereocenters. The van der Waals surface area contributed by atoms with Crippen molar-refractivity contribution in [2.45, 2.75) is 33.2 Å². The van der Waals surface area contributed by atoms with Crippen molar-refractivity contribution in [2.75, 3.05) is 5.75 Å². The predicted molar refractivity (Wildman–Crippen MR) is 66.9 cm³/mol. The summed E-state index contributed by atoms with van der Waals surface area (Å²) in [5.74, 6) is -0.859. The molecule has 0 aliphatic carbocycles. The van der Waals surface area contributed by atoms with Gasteiger partial charge in [-0.2, -0.15) is 0 Å². The lowest BCUT2D eigenvalue weighted by Gasteiger charge is -2.45. The van der Waals surface area contributed by atoms with Gasteiger partial charge in [0.1, 0.15) is 5.70 Å². The number of nitrogens with zero attached hydrogens (tertiary/aromatic N) is 1. The second-order valence-corrected chi connectivity index (χ2v) is 6.72. The monoisotopic (exact) mass is 271 g/mol. The number of carbonyl (C=O) groups excluding carboxylic acids is 1. The minimum Gasteiger partial charge on any atom is -0.477 e. The van der Waals surface area contributed by atoms with Gasteiger partial charge in [0.2, 0.25) is 5.91 Å². The van der Waals surface area contributed by atoms with E-state index in [4.69, 9.17) is 0 Å². The maximum Gasteiger partial charge on any atom is 0.353 e. The quantitative estimate of drug-likeness (QED) is 0.772. The van der Waals surface area contributed by atoms with Crippen LogP contribution in [0.5, 0.6) is 0 Å². The molecule has 2 heterocycles. The molecule has 0 aromatic heterocycles. The molecular formula is C12H17NO4S. The van der Waals surface area contributed by atoms with E-state index in [2.05, 4.69) is 0 Å².